The average molecular weight is 341 g/mol. The van der Waals surface area contributed by atoms with Crippen LogP contribution in [0.25, 0.3) is 0 Å². The topological polar surface area (TPSA) is 54.4 Å². The smallest absolute Gasteiger partial charge is 0.282 e. The van der Waals surface area contributed by atoms with Crippen LogP contribution in [0.4, 0.5) is 0 Å². The Balaban J connectivity index is 3.90. The van der Waals surface area contributed by atoms with Gasteiger partial charge in [-0.25, -0.2) is 0 Å². The molecule has 23 heavy (non-hydrogen) atoms. The van der Waals surface area contributed by atoms with Crippen LogP contribution >= 0.6 is 0 Å². The molecule has 0 saturated carbocycles. The summed E-state index contributed by atoms with van der Waals surface area (Å²) >= 11 is 0. The standard InChI is InChI=1S/C19H32O3S/c1-6-10-15-14(5)16(11-7-2)18(13-9-4)19(23(20,21)22)17(15)12-8-3/h6-13H2,1-5H3,(H,20,21,22). The highest BCUT2D eigenvalue weighted by molar-refractivity contribution is 7.86. The van der Waals surface area contributed by atoms with Crippen molar-refractivity contribution in [2.24, 2.45) is 0 Å². The molecule has 0 unspecified atom stereocenters. The van der Waals surface area contributed by atoms with Crippen LogP contribution in [0.3, 0.4) is 0 Å². The predicted molar refractivity (Wildman–Crippen MR) is 97.0 cm³/mol. The highest BCUT2D eigenvalue weighted by Gasteiger charge is 2.26. The molecule has 0 bridgehead atoms. The molecule has 0 saturated heterocycles. The summed E-state index contributed by atoms with van der Waals surface area (Å²) < 4.78 is 34.4. The van der Waals surface area contributed by atoms with E-state index in [0.717, 1.165) is 60.8 Å². The van der Waals surface area contributed by atoms with E-state index in [1.807, 2.05) is 0 Å². The van der Waals surface area contributed by atoms with E-state index < -0.39 is 10.1 Å². The quantitative estimate of drug-likeness (QED) is 0.640. The van der Waals surface area contributed by atoms with Crippen molar-refractivity contribution in [2.75, 3.05) is 0 Å². The maximum absolute atomic E-state index is 12.2. The maximum Gasteiger partial charge on any atom is 0.295 e. The van der Waals surface area contributed by atoms with Crippen molar-refractivity contribution in [3.8, 4) is 0 Å². The van der Waals surface area contributed by atoms with E-state index in [1.54, 1.807) is 0 Å². The Hall–Kier alpha value is -0.870. The zero-order valence-corrected chi connectivity index (χ0v) is 16.1. The van der Waals surface area contributed by atoms with Crippen LogP contribution in [0.5, 0.6) is 0 Å². The van der Waals surface area contributed by atoms with E-state index in [4.69, 9.17) is 0 Å². The van der Waals surface area contributed by atoms with E-state index >= 15 is 0 Å². The number of rotatable bonds is 9. The fourth-order valence-corrected chi connectivity index (χ4v) is 4.68. The molecule has 0 fully saturated rings. The monoisotopic (exact) mass is 340 g/mol. The van der Waals surface area contributed by atoms with E-state index in [-0.39, 0.29) is 4.90 Å². The molecule has 3 nitrogen and oxygen atoms in total. The van der Waals surface area contributed by atoms with Gasteiger partial charge >= 0.3 is 0 Å². The highest BCUT2D eigenvalue weighted by atomic mass is 32.2. The Morgan fingerprint density at radius 3 is 1.26 bits per heavy atom. The first kappa shape index (κ1) is 20.2. The second-order valence-corrected chi connectivity index (χ2v) is 7.70. The molecule has 1 aromatic rings. The van der Waals surface area contributed by atoms with Gasteiger partial charge in [0.15, 0.2) is 0 Å². The zero-order chi connectivity index (χ0) is 17.6. The molecule has 0 aromatic heterocycles. The average Bonchev–Trinajstić information content (AvgIpc) is 2.46. The fraction of sp³-hybridized carbons (Fsp3) is 0.684. The van der Waals surface area contributed by atoms with E-state index in [0.29, 0.717) is 12.8 Å². The number of benzene rings is 1. The summed E-state index contributed by atoms with van der Waals surface area (Å²) in [6, 6.07) is 0. The molecule has 0 aliphatic heterocycles. The summed E-state index contributed by atoms with van der Waals surface area (Å²) in [6.45, 7) is 10.5. The van der Waals surface area contributed by atoms with Gasteiger partial charge in [0.1, 0.15) is 4.90 Å². The normalized spacial score (nSPS) is 11.9. The van der Waals surface area contributed by atoms with Gasteiger partial charge in [0.05, 0.1) is 0 Å². The first-order valence-electron chi connectivity index (χ1n) is 8.96. The van der Waals surface area contributed by atoms with E-state index in [1.165, 1.54) is 5.56 Å². The van der Waals surface area contributed by atoms with Gasteiger partial charge in [-0.05, 0) is 60.4 Å². The van der Waals surface area contributed by atoms with Crippen molar-refractivity contribution in [2.45, 2.75) is 90.9 Å². The third-order valence-electron chi connectivity index (χ3n) is 4.44. The Bertz CT molecular complexity index is 594. The van der Waals surface area contributed by atoms with Crippen molar-refractivity contribution >= 4 is 10.1 Å². The lowest BCUT2D eigenvalue weighted by molar-refractivity contribution is 0.480. The van der Waals surface area contributed by atoms with Crippen LogP contribution < -0.4 is 0 Å². The SMILES string of the molecule is CCCc1c(C)c(CCC)c(CCC)c(S(=O)(=O)O)c1CCC. The second-order valence-electron chi connectivity index (χ2n) is 6.34. The molecule has 1 N–H and O–H groups in total. The lowest BCUT2D eigenvalue weighted by atomic mass is 9.85. The second kappa shape index (κ2) is 8.84. The van der Waals surface area contributed by atoms with Gasteiger partial charge in [-0.15, -0.1) is 0 Å². The largest absolute Gasteiger partial charge is 0.295 e. The van der Waals surface area contributed by atoms with Gasteiger partial charge in [-0.1, -0.05) is 53.4 Å². The summed E-state index contributed by atoms with van der Waals surface area (Å²) in [6.07, 6.45) is 6.83. The molecular weight excluding hydrogens is 308 g/mol. The minimum absolute atomic E-state index is 0.221. The molecule has 0 heterocycles. The van der Waals surface area contributed by atoms with Gasteiger partial charge in [0.2, 0.25) is 0 Å². The highest BCUT2D eigenvalue weighted by Crippen LogP contribution is 2.34. The molecule has 1 aromatic carbocycles. The molecule has 0 radical (unpaired) electrons. The van der Waals surface area contributed by atoms with Gasteiger partial charge < -0.3 is 0 Å². The van der Waals surface area contributed by atoms with Crippen LogP contribution in [0.2, 0.25) is 0 Å². The zero-order valence-electron chi connectivity index (χ0n) is 15.3. The predicted octanol–water partition coefficient (Wildman–Crippen LogP) is 5.05. The Morgan fingerprint density at radius 2 is 1.00 bits per heavy atom. The molecular formula is C19H32O3S. The summed E-state index contributed by atoms with van der Waals surface area (Å²) in [5.41, 5.74) is 5.25. The number of hydrogen-bond acceptors (Lipinski definition) is 2. The van der Waals surface area contributed by atoms with Crippen molar-refractivity contribution in [1.29, 1.82) is 0 Å². The first-order valence-corrected chi connectivity index (χ1v) is 10.4. The minimum atomic E-state index is -4.21. The molecule has 0 spiro atoms. The fourth-order valence-electron chi connectivity index (χ4n) is 3.61. The van der Waals surface area contributed by atoms with Crippen molar-refractivity contribution in [3.05, 3.63) is 27.8 Å². The van der Waals surface area contributed by atoms with Gasteiger partial charge in [0, 0.05) is 0 Å². The van der Waals surface area contributed by atoms with Crippen LogP contribution in [0.1, 0.15) is 81.2 Å². The number of hydrogen-bond donors (Lipinski definition) is 1. The molecule has 4 heteroatoms. The van der Waals surface area contributed by atoms with E-state index in [2.05, 4.69) is 34.6 Å². The molecule has 0 aliphatic rings. The summed E-state index contributed by atoms with van der Waals surface area (Å²) in [5.74, 6) is 0. The van der Waals surface area contributed by atoms with Crippen LogP contribution in [0, 0.1) is 6.92 Å². The third-order valence-corrected chi connectivity index (χ3v) is 5.45. The van der Waals surface area contributed by atoms with Crippen LogP contribution in [0.15, 0.2) is 4.90 Å². The Labute approximate surface area is 142 Å². The first-order chi connectivity index (χ1) is 10.8. The minimum Gasteiger partial charge on any atom is -0.282 e. The Kier molecular flexibility index (Phi) is 7.75. The van der Waals surface area contributed by atoms with Crippen molar-refractivity contribution < 1.29 is 13.0 Å². The van der Waals surface area contributed by atoms with Crippen molar-refractivity contribution in [3.63, 3.8) is 0 Å². The lowest BCUT2D eigenvalue weighted by Crippen LogP contribution is -2.16. The van der Waals surface area contributed by atoms with Crippen molar-refractivity contribution in [1.82, 2.24) is 0 Å². The van der Waals surface area contributed by atoms with E-state index in [9.17, 15) is 13.0 Å². The lowest BCUT2D eigenvalue weighted by Gasteiger charge is -2.24. The molecule has 0 amide bonds. The molecule has 1 rings (SSSR count). The van der Waals surface area contributed by atoms with Gasteiger partial charge in [0.25, 0.3) is 10.1 Å². The van der Waals surface area contributed by atoms with Crippen LogP contribution in [-0.2, 0) is 35.8 Å². The third kappa shape index (κ3) is 4.57. The Morgan fingerprint density at radius 1 is 0.696 bits per heavy atom. The molecule has 132 valence electrons. The maximum atomic E-state index is 12.2. The molecule has 0 atom stereocenters. The van der Waals surface area contributed by atoms with Gasteiger partial charge in [-0.2, -0.15) is 8.42 Å². The van der Waals surface area contributed by atoms with Gasteiger partial charge in [-0.3, -0.25) is 4.55 Å². The van der Waals surface area contributed by atoms with Crippen LogP contribution in [-0.4, -0.2) is 13.0 Å². The molecule has 0 aliphatic carbocycles. The summed E-state index contributed by atoms with van der Waals surface area (Å²) in [5, 5.41) is 0. The summed E-state index contributed by atoms with van der Waals surface area (Å²) in [4.78, 5) is 0.221. The summed E-state index contributed by atoms with van der Waals surface area (Å²) in [7, 11) is -4.21.